The highest BCUT2D eigenvalue weighted by Gasteiger charge is 2.14. The minimum atomic E-state index is 0.788. The quantitative estimate of drug-likeness (QED) is 0.670. The molecule has 0 aliphatic carbocycles. The highest BCUT2D eigenvalue weighted by molar-refractivity contribution is 5.86. The molecule has 28 heavy (non-hydrogen) atoms. The first kappa shape index (κ1) is 18.7. The van der Waals surface area contributed by atoms with E-state index in [1.54, 1.807) is 14.2 Å². The summed E-state index contributed by atoms with van der Waals surface area (Å²) in [6.45, 7) is 6.70. The van der Waals surface area contributed by atoms with Crippen LogP contribution in [0.2, 0.25) is 0 Å². The fourth-order valence-electron chi connectivity index (χ4n) is 3.71. The molecule has 3 aromatic rings. The molecule has 0 unspecified atom stereocenters. The summed E-state index contributed by atoms with van der Waals surface area (Å²) in [5.41, 5.74) is 5.33. The van der Waals surface area contributed by atoms with Gasteiger partial charge < -0.3 is 14.2 Å². The van der Waals surface area contributed by atoms with Crippen LogP contribution < -0.4 is 9.47 Å². The van der Waals surface area contributed by atoms with Crippen LogP contribution in [-0.2, 0) is 11.3 Å². The maximum atomic E-state index is 5.54. The van der Waals surface area contributed by atoms with Gasteiger partial charge in [-0.2, -0.15) is 0 Å². The molecule has 0 saturated carbocycles. The van der Waals surface area contributed by atoms with Crippen LogP contribution in [0.25, 0.3) is 22.2 Å². The monoisotopic (exact) mass is 378 g/mol. The van der Waals surface area contributed by atoms with Gasteiger partial charge in [0.2, 0.25) is 0 Å². The third-order valence-electron chi connectivity index (χ3n) is 5.27. The van der Waals surface area contributed by atoms with Gasteiger partial charge in [0.15, 0.2) is 0 Å². The topological polar surface area (TPSA) is 43.8 Å². The summed E-state index contributed by atoms with van der Waals surface area (Å²) in [7, 11) is 3.35. The van der Waals surface area contributed by atoms with Gasteiger partial charge in [-0.3, -0.25) is 4.90 Å². The largest absolute Gasteiger partial charge is 0.497 e. The molecular formula is C23H26N2O3. The number of benzene rings is 2. The molecule has 1 aliphatic rings. The van der Waals surface area contributed by atoms with Crippen LogP contribution in [-0.4, -0.2) is 50.4 Å². The van der Waals surface area contributed by atoms with Gasteiger partial charge in [0.25, 0.3) is 0 Å². The van der Waals surface area contributed by atoms with Crippen LogP contribution >= 0.6 is 0 Å². The van der Waals surface area contributed by atoms with E-state index in [0.717, 1.165) is 61.1 Å². The number of aryl methyl sites for hydroxylation is 1. The highest BCUT2D eigenvalue weighted by atomic mass is 16.5. The highest BCUT2D eigenvalue weighted by Crippen LogP contribution is 2.34. The van der Waals surface area contributed by atoms with Gasteiger partial charge in [-0.25, -0.2) is 4.98 Å². The molecule has 0 N–H and O–H groups in total. The molecule has 0 amide bonds. The summed E-state index contributed by atoms with van der Waals surface area (Å²) in [5, 5.41) is 1.19. The zero-order valence-corrected chi connectivity index (χ0v) is 16.7. The summed E-state index contributed by atoms with van der Waals surface area (Å²) in [6.07, 6.45) is 0. The van der Waals surface area contributed by atoms with Crippen LogP contribution in [0.3, 0.4) is 0 Å². The van der Waals surface area contributed by atoms with Crippen LogP contribution in [0, 0.1) is 6.92 Å². The fourth-order valence-corrected chi connectivity index (χ4v) is 3.71. The Morgan fingerprint density at radius 3 is 2.57 bits per heavy atom. The average Bonchev–Trinajstić information content (AvgIpc) is 2.74. The molecule has 1 aliphatic heterocycles. The Kier molecular flexibility index (Phi) is 5.46. The smallest absolute Gasteiger partial charge is 0.128 e. The summed E-state index contributed by atoms with van der Waals surface area (Å²) in [6, 6.07) is 14.5. The zero-order chi connectivity index (χ0) is 19.5. The van der Waals surface area contributed by atoms with Gasteiger partial charge in [-0.05, 0) is 54.4 Å². The van der Waals surface area contributed by atoms with Crippen molar-refractivity contribution in [1.29, 1.82) is 0 Å². The lowest BCUT2D eigenvalue weighted by atomic mass is 10.0. The second-order valence-electron chi connectivity index (χ2n) is 7.13. The molecule has 0 bridgehead atoms. The third-order valence-corrected chi connectivity index (χ3v) is 5.27. The third kappa shape index (κ3) is 3.81. The molecule has 2 aromatic carbocycles. The molecule has 5 heteroatoms. The molecule has 2 heterocycles. The predicted molar refractivity (Wildman–Crippen MR) is 111 cm³/mol. The summed E-state index contributed by atoms with van der Waals surface area (Å²) in [4.78, 5) is 7.34. The Hall–Kier alpha value is -2.63. The molecular weight excluding hydrogens is 352 g/mol. The Balaban J connectivity index is 1.70. The molecule has 1 saturated heterocycles. The van der Waals surface area contributed by atoms with E-state index in [1.807, 2.05) is 18.2 Å². The Morgan fingerprint density at radius 1 is 1.00 bits per heavy atom. The van der Waals surface area contributed by atoms with Crippen LogP contribution in [0.5, 0.6) is 11.5 Å². The molecule has 1 fully saturated rings. The van der Waals surface area contributed by atoms with Gasteiger partial charge in [-0.15, -0.1) is 0 Å². The van der Waals surface area contributed by atoms with Gasteiger partial charge >= 0.3 is 0 Å². The Bertz CT molecular complexity index is 981. The number of hydrogen-bond acceptors (Lipinski definition) is 5. The van der Waals surface area contributed by atoms with Crippen molar-refractivity contribution in [3.63, 3.8) is 0 Å². The van der Waals surface area contributed by atoms with Crippen LogP contribution in [0.1, 0.15) is 11.1 Å². The zero-order valence-electron chi connectivity index (χ0n) is 16.7. The van der Waals surface area contributed by atoms with Crippen molar-refractivity contribution in [2.75, 3.05) is 40.5 Å². The minimum absolute atomic E-state index is 0.788. The van der Waals surface area contributed by atoms with Crippen molar-refractivity contribution in [3.05, 3.63) is 53.6 Å². The average molecular weight is 378 g/mol. The molecule has 0 spiro atoms. The van der Waals surface area contributed by atoms with Crippen LogP contribution in [0.4, 0.5) is 0 Å². The van der Waals surface area contributed by atoms with Gasteiger partial charge in [0, 0.05) is 30.6 Å². The van der Waals surface area contributed by atoms with E-state index in [2.05, 4.69) is 36.1 Å². The second-order valence-corrected chi connectivity index (χ2v) is 7.13. The number of aromatic nitrogens is 1. The second kappa shape index (κ2) is 8.17. The molecule has 5 nitrogen and oxygen atoms in total. The molecule has 1 aromatic heterocycles. The molecule has 4 rings (SSSR count). The van der Waals surface area contributed by atoms with E-state index < -0.39 is 0 Å². The predicted octanol–water partition coefficient (Wildman–Crippen LogP) is 4.06. The number of morpholine rings is 1. The maximum Gasteiger partial charge on any atom is 0.128 e. The number of ether oxygens (including phenoxy) is 3. The van der Waals surface area contributed by atoms with Crippen LogP contribution in [0.15, 0.2) is 42.5 Å². The summed E-state index contributed by atoms with van der Waals surface area (Å²) < 4.78 is 16.4. The van der Waals surface area contributed by atoms with E-state index in [4.69, 9.17) is 19.2 Å². The first-order valence-corrected chi connectivity index (χ1v) is 9.60. The van der Waals surface area contributed by atoms with Gasteiger partial charge in [-0.1, -0.05) is 6.07 Å². The van der Waals surface area contributed by atoms with Crippen molar-refractivity contribution >= 4 is 10.9 Å². The van der Waals surface area contributed by atoms with Crippen molar-refractivity contribution in [2.45, 2.75) is 13.5 Å². The molecule has 146 valence electrons. The first-order chi connectivity index (χ1) is 13.7. The minimum Gasteiger partial charge on any atom is -0.497 e. The molecule has 0 atom stereocenters. The summed E-state index contributed by atoms with van der Waals surface area (Å²) >= 11 is 0. The lowest BCUT2D eigenvalue weighted by molar-refractivity contribution is 0.0342. The first-order valence-electron chi connectivity index (χ1n) is 9.60. The summed E-state index contributed by atoms with van der Waals surface area (Å²) in [5.74, 6) is 1.58. The Morgan fingerprint density at radius 2 is 1.82 bits per heavy atom. The van der Waals surface area contributed by atoms with Gasteiger partial charge in [0.1, 0.15) is 11.5 Å². The normalized spacial score (nSPS) is 15.0. The van der Waals surface area contributed by atoms with E-state index in [9.17, 15) is 0 Å². The maximum absolute atomic E-state index is 5.54. The Labute approximate surface area is 165 Å². The van der Waals surface area contributed by atoms with Crippen molar-refractivity contribution in [1.82, 2.24) is 9.88 Å². The SMILES string of the molecule is COc1ccc(OC)c(-c2cc(C)c3cc(CN4CCOCC4)ccc3n2)c1. The lowest BCUT2D eigenvalue weighted by Gasteiger charge is -2.26. The van der Waals surface area contributed by atoms with Crippen molar-refractivity contribution in [2.24, 2.45) is 0 Å². The van der Waals surface area contributed by atoms with E-state index in [0.29, 0.717) is 0 Å². The van der Waals surface area contributed by atoms with Gasteiger partial charge in [0.05, 0.1) is 38.6 Å². The lowest BCUT2D eigenvalue weighted by Crippen LogP contribution is -2.35. The van der Waals surface area contributed by atoms with E-state index >= 15 is 0 Å². The number of nitrogens with zero attached hydrogens (tertiary/aromatic N) is 2. The number of pyridine rings is 1. The number of rotatable bonds is 5. The standard InChI is InChI=1S/C23H26N2O3/c1-16-12-22(20-14-18(26-2)5-7-23(20)27-3)24-21-6-4-17(13-19(16)21)15-25-8-10-28-11-9-25/h4-7,12-14H,8-11,15H2,1-3H3. The fraction of sp³-hybridized carbons (Fsp3) is 0.348. The number of methoxy groups -OCH3 is 2. The number of fused-ring (bicyclic) bond motifs is 1. The number of hydrogen-bond donors (Lipinski definition) is 0. The van der Waals surface area contributed by atoms with Crippen molar-refractivity contribution < 1.29 is 14.2 Å². The van der Waals surface area contributed by atoms with E-state index in [-0.39, 0.29) is 0 Å². The van der Waals surface area contributed by atoms with E-state index in [1.165, 1.54) is 16.5 Å². The van der Waals surface area contributed by atoms with Crippen molar-refractivity contribution in [3.8, 4) is 22.8 Å². The molecule has 0 radical (unpaired) electrons.